The number of pyridine rings is 1. The smallest absolute Gasteiger partial charge is 0.285 e. The maximum Gasteiger partial charge on any atom is 0.433 e. The first-order chi connectivity index (χ1) is 6.68. The van der Waals surface area contributed by atoms with Crippen molar-refractivity contribution in [3.05, 3.63) is 29.6 Å². The molecule has 0 aromatic carbocycles. The maximum absolute atomic E-state index is 12.0. The molecule has 0 amide bonds. The van der Waals surface area contributed by atoms with Gasteiger partial charge in [-0.05, 0) is 11.6 Å². The van der Waals surface area contributed by atoms with Crippen LogP contribution in [0, 0.1) is 0 Å². The van der Waals surface area contributed by atoms with Crippen LogP contribution in [0.5, 0.6) is 0 Å². The summed E-state index contributed by atoms with van der Waals surface area (Å²) in [4.78, 5) is 3.03. The normalized spacial score (nSPS) is 12.8. The molecule has 84 valence electrons. The lowest BCUT2D eigenvalue weighted by molar-refractivity contribution is -0.141. The Labute approximate surface area is 83.5 Å². The Bertz CT molecular complexity index is 438. The topological polar surface area (TPSA) is 67.3 Å². The van der Waals surface area contributed by atoms with Crippen LogP contribution in [0.1, 0.15) is 11.3 Å². The molecular formula is C7H6F3NO3S. The third-order valence-corrected chi connectivity index (χ3v) is 2.16. The zero-order chi connectivity index (χ0) is 11.7. The molecule has 15 heavy (non-hydrogen) atoms. The van der Waals surface area contributed by atoms with Gasteiger partial charge in [0.25, 0.3) is 10.1 Å². The second-order valence-corrected chi connectivity index (χ2v) is 4.23. The van der Waals surface area contributed by atoms with Crippen LogP contribution in [0.2, 0.25) is 0 Å². The van der Waals surface area contributed by atoms with Gasteiger partial charge in [-0.3, -0.25) is 9.54 Å². The molecule has 0 unspecified atom stereocenters. The van der Waals surface area contributed by atoms with E-state index in [1.165, 1.54) is 0 Å². The number of hydrogen-bond donors (Lipinski definition) is 1. The van der Waals surface area contributed by atoms with Gasteiger partial charge in [0.05, 0.1) is 0 Å². The van der Waals surface area contributed by atoms with Crippen molar-refractivity contribution in [3.8, 4) is 0 Å². The van der Waals surface area contributed by atoms with Gasteiger partial charge in [0, 0.05) is 6.20 Å². The van der Waals surface area contributed by atoms with Crippen molar-refractivity contribution in [2.75, 3.05) is 0 Å². The molecule has 0 bridgehead atoms. The summed E-state index contributed by atoms with van der Waals surface area (Å²) in [6.07, 6.45) is -3.80. The van der Waals surface area contributed by atoms with E-state index >= 15 is 0 Å². The highest BCUT2D eigenvalue weighted by Gasteiger charge is 2.32. The largest absolute Gasteiger partial charge is 0.433 e. The van der Waals surface area contributed by atoms with Gasteiger partial charge in [-0.15, -0.1) is 0 Å². The van der Waals surface area contributed by atoms with Crippen molar-refractivity contribution in [3.63, 3.8) is 0 Å². The molecule has 1 aromatic heterocycles. The van der Waals surface area contributed by atoms with E-state index in [1.54, 1.807) is 0 Å². The van der Waals surface area contributed by atoms with Crippen molar-refractivity contribution < 1.29 is 26.1 Å². The molecule has 1 heterocycles. The molecular weight excluding hydrogens is 235 g/mol. The molecule has 8 heteroatoms. The molecule has 0 spiro atoms. The molecule has 1 N–H and O–H groups in total. The molecule has 0 saturated carbocycles. The monoisotopic (exact) mass is 241 g/mol. The highest BCUT2D eigenvalue weighted by Crippen LogP contribution is 2.27. The SMILES string of the molecule is O=S(=O)(O)Cc1ccc(C(F)(F)F)nc1. The Hall–Kier alpha value is -1.15. The maximum atomic E-state index is 12.0. The number of nitrogens with zero attached hydrogens (tertiary/aromatic N) is 1. The molecule has 0 radical (unpaired) electrons. The zero-order valence-corrected chi connectivity index (χ0v) is 8.01. The van der Waals surface area contributed by atoms with Crippen LogP contribution in [0.3, 0.4) is 0 Å². The van der Waals surface area contributed by atoms with Crippen molar-refractivity contribution in [1.29, 1.82) is 0 Å². The number of hydrogen-bond acceptors (Lipinski definition) is 3. The fourth-order valence-electron chi connectivity index (χ4n) is 0.888. The molecule has 0 saturated heterocycles. The summed E-state index contributed by atoms with van der Waals surface area (Å²) >= 11 is 0. The predicted octanol–water partition coefficient (Wildman–Crippen LogP) is 1.49. The van der Waals surface area contributed by atoms with Gasteiger partial charge in [0.2, 0.25) is 0 Å². The quantitative estimate of drug-likeness (QED) is 0.796. The minimum absolute atomic E-state index is 0.00880. The minimum atomic E-state index is -4.56. The molecule has 4 nitrogen and oxygen atoms in total. The first-order valence-corrected chi connectivity index (χ1v) is 5.27. The van der Waals surface area contributed by atoms with Gasteiger partial charge in [-0.1, -0.05) is 6.07 Å². The van der Waals surface area contributed by atoms with Gasteiger partial charge in [0.1, 0.15) is 11.4 Å². The highest BCUT2D eigenvalue weighted by molar-refractivity contribution is 7.85. The van der Waals surface area contributed by atoms with Crippen LogP contribution in [0.25, 0.3) is 0 Å². The van der Waals surface area contributed by atoms with Crippen LogP contribution >= 0.6 is 0 Å². The summed E-state index contributed by atoms with van der Waals surface area (Å²) in [7, 11) is -4.25. The first kappa shape index (κ1) is 11.9. The highest BCUT2D eigenvalue weighted by atomic mass is 32.2. The second kappa shape index (κ2) is 3.78. The minimum Gasteiger partial charge on any atom is -0.285 e. The number of alkyl halides is 3. The lowest BCUT2D eigenvalue weighted by Crippen LogP contribution is -2.08. The van der Waals surface area contributed by atoms with E-state index in [-0.39, 0.29) is 5.56 Å². The number of halogens is 3. The summed E-state index contributed by atoms with van der Waals surface area (Å²) in [6, 6.07) is 1.60. The fraction of sp³-hybridized carbons (Fsp3) is 0.286. The molecule has 0 fully saturated rings. The Morgan fingerprint density at radius 1 is 1.33 bits per heavy atom. The Balaban J connectivity index is 2.91. The third kappa shape index (κ3) is 3.84. The van der Waals surface area contributed by atoms with Gasteiger partial charge in [0.15, 0.2) is 0 Å². The van der Waals surface area contributed by atoms with Crippen molar-refractivity contribution >= 4 is 10.1 Å². The molecule has 1 rings (SSSR count). The van der Waals surface area contributed by atoms with Crippen LogP contribution in [0.15, 0.2) is 18.3 Å². The molecule has 1 aromatic rings. The summed E-state index contributed by atoms with van der Waals surface area (Å²) in [5.74, 6) is -0.752. The zero-order valence-electron chi connectivity index (χ0n) is 7.19. The Morgan fingerprint density at radius 2 is 1.93 bits per heavy atom. The van der Waals surface area contributed by atoms with E-state index < -0.39 is 27.7 Å². The average Bonchev–Trinajstić information content (AvgIpc) is 2.00. The van der Waals surface area contributed by atoms with Crippen LogP contribution in [-0.4, -0.2) is 18.0 Å². The number of aromatic nitrogens is 1. The predicted molar refractivity (Wildman–Crippen MR) is 44.5 cm³/mol. The summed E-state index contributed by atoms with van der Waals surface area (Å²) < 4.78 is 65.3. The van der Waals surface area contributed by atoms with E-state index in [4.69, 9.17) is 4.55 Å². The van der Waals surface area contributed by atoms with Crippen LogP contribution < -0.4 is 0 Å². The van der Waals surface area contributed by atoms with Crippen molar-refractivity contribution in [2.45, 2.75) is 11.9 Å². The van der Waals surface area contributed by atoms with E-state index in [1.807, 2.05) is 0 Å². The van der Waals surface area contributed by atoms with E-state index in [0.29, 0.717) is 6.07 Å². The van der Waals surface area contributed by atoms with Crippen LogP contribution in [-0.2, 0) is 22.0 Å². The standard InChI is InChI=1S/C7H6F3NO3S/c8-7(9,10)6-2-1-5(3-11-6)4-15(12,13)14/h1-3H,4H2,(H,12,13,14). The molecule has 0 aliphatic heterocycles. The van der Waals surface area contributed by atoms with E-state index in [9.17, 15) is 21.6 Å². The molecule has 0 atom stereocenters. The first-order valence-electron chi connectivity index (χ1n) is 3.66. The summed E-state index contributed by atoms with van der Waals surface area (Å²) in [6.45, 7) is 0. The van der Waals surface area contributed by atoms with Crippen molar-refractivity contribution in [1.82, 2.24) is 4.98 Å². The van der Waals surface area contributed by atoms with Gasteiger partial charge >= 0.3 is 6.18 Å². The lowest BCUT2D eigenvalue weighted by Gasteiger charge is -2.05. The Morgan fingerprint density at radius 3 is 2.27 bits per heavy atom. The second-order valence-electron chi connectivity index (χ2n) is 2.78. The fourth-order valence-corrected chi connectivity index (χ4v) is 1.48. The number of rotatable bonds is 2. The van der Waals surface area contributed by atoms with Crippen LogP contribution in [0.4, 0.5) is 13.2 Å². The lowest BCUT2D eigenvalue weighted by atomic mass is 10.3. The third-order valence-electron chi connectivity index (χ3n) is 1.46. The van der Waals surface area contributed by atoms with E-state index in [2.05, 4.69) is 4.98 Å². The average molecular weight is 241 g/mol. The van der Waals surface area contributed by atoms with E-state index in [0.717, 1.165) is 12.3 Å². The Kier molecular flexibility index (Phi) is 3.00. The van der Waals surface area contributed by atoms with Crippen molar-refractivity contribution in [2.24, 2.45) is 0 Å². The summed E-state index contributed by atoms with van der Waals surface area (Å²) in [5.41, 5.74) is -1.12. The summed E-state index contributed by atoms with van der Waals surface area (Å²) in [5, 5.41) is 0. The van der Waals surface area contributed by atoms with Gasteiger partial charge < -0.3 is 0 Å². The molecule has 0 aliphatic carbocycles. The molecule has 0 aliphatic rings. The van der Waals surface area contributed by atoms with Gasteiger partial charge in [-0.25, -0.2) is 0 Å². The van der Waals surface area contributed by atoms with Gasteiger partial charge in [-0.2, -0.15) is 21.6 Å².